The van der Waals surface area contributed by atoms with Gasteiger partial charge in [0, 0.05) is 40.1 Å². The third-order valence-electron chi connectivity index (χ3n) is 15.9. The van der Waals surface area contributed by atoms with E-state index in [9.17, 15) is 0 Å². The normalized spacial score (nSPS) is 12.3. The fraction of sp³-hybridized carbons (Fsp3) is 0.222. The monoisotopic (exact) mass is 1010 g/mol. The van der Waals surface area contributed by atoms with Crippen LogP contribution in [0.25, 0.3) is 61.3 Å². The summed E-state index contributed by atoms with van der Waals surface area (Å²) in [6, 6.07) is 72.4. The van der Waals surface area contributed by atoms with Crippen LogP contribution >= 0.6 is 0 Å². The van der Waals surface area contributed by atoms with Crippen LogP contribution in [0.15, 0.2) is 213 Å². The number of hydrogen-bond acceptors (Lipinski definition) is 2. The minimum atomic E-state index is -0.271. The van der Waals surface area contributed by atoms with Gasteiger partial charge in [-0.3, -0.25) is 13.7 Å². The van der Waals surface area contributed by atoms with Gasteiger partial charge in [0.05, 0.1) is 28.1 Å². The number of hydrogen-bond donors (Lipinski definition) is 0. The molecule has 3 aromatic heterocycles. The number of ether oxygens (including phenoxy) is 1. The zero-order valence-electron chi connectivity index (χ0n) is 46.6. The molecule has 0 unspecified atom stereocenters. The number of para-hydroxylation sites is 1. The Balaban J connectivity index is 1.09. The van der Waals surface area contributed by atoms with E-state index in [1.807, 2.05) is 6.20 Å². The minimum absolute atomic E-state index is 0.240. The molecule has 0 radical (unpaired) electrons. The lowest BCUT2D eigenvalue weighted by Gasteiger charge is -2.27. The summed E-state index contributed by atoms with van der Waals surface area (Å²) < 4.78 is 14.0. The standard InChI is InChI=1S/C72H70N4O/c1-48(2)61-31-23-32-62(49(3)4)69(61)52-40-58(75-47-74(46-67(75)70(5,6)7)57-39-51(50-24-15-12-16-25-50)38-56(42-57)72(10,11)54-28-19-14-20-29-54)44-60(41-52)77-59-34-35-64-63-30-21-22-33-65(63)76(66(64)45-59)68-43-55(36-37-73-68)71(8,9)53-26-17-13-18-27-53/h12-46,48-49H,1-11H3. The fourth-order valence-electron chi connectivity index (χ4n) is 11.3. The average molecular weight is 1010 g/mol. The fourth-order valence-corrected chi connectivity index (χ4v) is 11.3. The Hall–Kier alpha value is -8.28. The second-order valence-electron chi connectivity index (χ2n) is 23.6. The smallest absolute Gasteiger partial charge is 0.269 e. The van der Waals surface area contributed by atoms with Gasteiger partial charge < -0.3 is 4.74 Å². The first-order chi connectivity index (χ1) is 36.9. The lowest BCUT2D eigenvalue weighted by molar-refractivity contribution is -0.599. The van der Waals surface area contributed by atoms with Gasteiger partial charge in [0.25, 0.3) is 6.33 Å². The molecule has 5 heteroatoms. The summed E-state index contributed by atoms with van der Waals surface area (Å²) in [5.74, 6) is 2.93. The van der Waals surface area contributed by atoms with Gasteiger partial charge >= 0.3 is 0 Å². The first-order valence-electron chi connectivity index (χ1n) is 27.3. The molecule has 8 aromatic carbocycles. The zero-order chi connectivity index (χ0) is 53.8. The van der Waals surface area contributed by atoms with E-state index in [0.29, 0.717) is 11.8 Å². The highest BCUT2D eigenvalue weighted by molar-refractivity contribution is 6.09. The van der Waals surface area contributed by atoms with Crippen molar-refractivity contribution in [3.8, 4) is 50.9 Å². The van der Waals surface area contributed by atoms with Crippen LogP contribution in [0.3, 0.4) is 0 Å². The first kappa shape index (κ1) is 50.9. The number of aromatic nitrogens is 4. The van der Waals surface area contributed by atoms with E-state index in [1.54, 1.807) is 0 Å². The number of rotatable bonds is 13. The van der Waals surface area contributed by atoms with E-state index in [1.165, 1.54) is 44.5 Å². The summed E-state index contributed by atoms with van der Waals surface area (Å²) in [6.07, 6.45) is 8.14. The predicted molar refractivity (Wildman–Crippen MR) is 320 cm³/mol. The van der Waals surface area contributed by atoms with Gasteiger partial charge in [-0.15, -0.1) is 0 Å². The van der Waals surface area contributed by atoms with Crippen LogP contribution in [0, 0.1) is 6.33 Å². The SMILES string of the molecule is CC(C)c1cccc(C(C)C)c1-c1cc(Oc2ccc3c4ccccc4n(-c4cc(C(C)(C)c5ccccc5)ccn4)c3c2)cc(-n2[c-][n+](-c3cc(-c4ccccc4)cc(C(C)(C)c4ccccc4)c3)cc2C(C)(C)C)c1. The van der Waals surface area contributed by atoms with Crippen LogP contribution in [0.4, 0.5) is 0 Å². The van der Waals surface area contributed by atoms with Crippen molar-refractivity contribution < 1.29 is 9.30 Å². The summed E-state index contributed by atoms with van der Waals surface area (Å²) in [5.41, 5.74) is 16.7. The molecule has 5 nitrogen and oxygen atoms in total. The lowest BCUT2D eigenvalue weighted by atomic mass is 9.77. The molecule has 384 valence electrons. The molecule has 0 atom stereocenters. The predicted octanol–water partition coefficient (Wildman–Crippen LogP) is 18.4. The van der Waals surface area contributed by atoms with E-state index in [-0.39, 0.29) is 16.2 Å². The summed E-state index contributed by atoms with van der Waals surface area (Å²) in [7, 11) is 0. The second kappa shape index (κ2) is 20.0. The lowest BCUT2D eigenvalue weighted by Crippen LogP contribution is -2.30. The maximum Gasteiger partial charge on any atom is 0.269 e. The first-order valence-corrected chi connectivity index (χ1v) is 27.3. The van der Waals surface area contributed by atoms with Crippen molar-refractivity contribution in [3.05, 3.63) is 258 Å². The molecule has 0 bridgehead atoms. The maximum atomic E-state index is 7.24. The molecule has 0 aliphatic heterocycles. The molecule has 0 fully saturated rings. The van der Waals surface area contributed by atoms with Crippen molar-refractivity contribution in [2.24, 2.45) is 0 Å². The van der Waals surface area contributed by atoms with Crippen LogP contribution < -0.4 is 9.30 Å². The highest BCUT2D eigenvalue weighted by atomic mass is 16.5. The van der Waals surface area contributed by atoms with E-state index >= 15 is 0 Å². The third-order valence-corrected chi connectivity index (χ3v) is 15.9. The Morgan fingerprint density at radius 1 is 0.481 bits per heavy atom. The molecule has 0 N–H and O–H groups in total. The number of benzene rings is 8. The number of fused-ring (bicyclic) bond motifs is 3. The summed E-state index contributed by atoms with van der Waals surface area (Å²) >= 11 is 0. The molecular formula is C72H70N4O. The van der Waals surface area contributed by atoms with E-state index < -0.39 is 0 Å². The summed E-state index contributed by atoms with van der Waals surface area (Å²) in [4.78, 5) is 5.05. The van der Waals surface area contributed by atoms with E-state index in [4.69, 9.17) is 9.72 Å². The van der Waals surface area contributed by atoms with Crippen LogP contribution in [0.1, 0.15) is 127 Å². The number of nitrogens with zero attached hydrogens (tertiary/aromatic N) is 4. The van der Waals surface area contributed by atoms with Gasteiger partial charge in [-0.05, 0) is 134 Å². The van der Waals surface area contributed by atoms with Crippen LogP contribution in [-0.4, -0.2) is 14.1 Å². The van der Waals surface area contributed by atoms with E-state index in [0.717, 1.165) is 67.3 Å². The molecule has 0 spiro atoms. The Kier molecular flexibility index (Phi) is 13.2. The van der Waals surface area contributed by atoms with Crippen molar-refractivity contribution in [1.29, 1.82) is 0 Å². The molecule has 11 rings (SSSR count). The highest BCUT2D eigenvalue weighted by Gasteiger charge is 2.29. The van der Waals surface area contributed by atoms with Crippen molar-refractivity contribution in [1.82, 2.24) is 14.1 Å². The quantitative estimate of drug-likeness (QED) is 0.0852. The molecular weight excluding hydrogens is 937 g/mol. The van der Waals surface area contributed by atoms with Gasteiger partial charge in [-0.1, -0.05) is 210 Å². The molecule has 0 aliphatic carbocycles. The van der Waals surface area contributed by atoms with Crippen LogP contribution in [-0.2, 0) is 16.2 Å². The molecule has 0 saturated heterocycles. The maximum absolute atomic E-state index is 7.24. The third kappa shape index (κ3) is 9.69. The molecule has 77 heavy (non-hydrogen) atoms. The van der Waals surface area contributed by atoms with Crippen molar-refractivity contribution in [2.75, 3.05) is 0 Å². The van der Waals surface area contributed by atoms with Crippen molar-refractivity contribution >= 4 is 21.8 Å². The van der Waals surface area contributed by atoms with Gasteiger partial charge in [-0.2, -0.15) is 0 Å². The van der Waals surface area contributed by atoms with E-state index in [2.05, 4.69) is 303 Å². The van der Waals surface area contributed by atoms with Gasteiger partial charge in [-0.25, -0.2) is 4.98 Å². The zero-order valence-corrected chi connectivity index (χ0v) is 46.6. The molecule has 3 heterocycles. The van der Waals surface area contributed by atoms with Crippen LogP contribution in [0.2, 0.25) is 0 Å². The summed E-state index contributed by atoms with van der Waals surface area (Å²) in [6.45, 7) is 25.3. The van der Waals surface area contributed by atoms with Crippen molar-refractivity contribution in [3.63, 3.8) is 0 Å². The Bertz CT molecular complexity index is 3900. The van der Waals surface area contributed by atoms with Gasteiger partial charge in [0.1, 0.15) is 17.3 Å². The Labute approximate surface area is 456 Å². The largest absolute Gasteiger partial charge is 0.458 e. The average Bonchev–Trinajstić information content (AvgIpc) is 4.13. The number of pyridine rings is 1. The molecule has 0 amide bonds. The second-order valence-corrected chi connectivity index (χ2v) is 23.6. The molecule has 0 saturated carbocycles. The Morgan fingerprint density at radius 2 is 1.09 bits per heavy atom. The van der Waals surface area contributed by atoms with Crippen LogP contribution in [0.5, 0.6) is 11.5 Å². The summed E-state index contributed by atoms with van der Waals surface area (Å²) in [5, 5.41) is 2.30. The van der Waals surface area contributed by atoms with Gasteiger partial charge in [0.15, 0.2) is 0 Å². The Morgan fingerprint density at radius 3 is 1.74 bits per heavy atom. The molecule has 11 aromatic rings. The topological polar surface area (TPSA) is 35.9 Å². The minimum Gasteiger partial charge on any atom is -0.458 e. The highest BCUT2D eigenvalue weighted by Crippen LogP contribution is 2.43. The molecule has 0 aliphatic rings. The number of imidazole rings is 1. The van der Waals surface area contributed by atoms with Crippen molar-refractivity contribution in [2.45, 2.75) is 104 Å². The van der Waals surface area contributed by atoms with Gasteiger partial charge in [0.2, 0.25) is 0 Å².